The molecular weight excluding hydrogens is 237 g/mol. The Balaban J connectivity index is 4.06. The van der Waals surface area contributed by atoms with E-state index in [0.717, 1.165) is 6.21 Å². The molecule has 1 amide bonds. The molecule has 0 atom stereocenters. The standard InChI is InChI=1S/C7H10F5N3O/c8-6(9,7(10,11)12)4-15-5(16)3-14-2-1-13/h2H,1,3-4,13H2,(H,15,16). The Morgan fingerprint density at radius 3 is 2.31 bits per heavy atom. The summed E-state index contributed by atoms with van der Waals surface area (Å²) < 4.78 is 59.5. The van der Waals surface area contributed by atoms with Crippen LogP contribution in [-0.2, 0) is 4.79 Å². The molecule has 0 bridgehead atoms. The van der Waals surface area contributed by atoms with Gasteiger partial charge in [-0.15, -0.1) is 0 Å². The average molecular weight is 247 g/mol. The molecule has 4 nitrogen and oxygen atoms in total. The highest BCUT2D eigenvalue weighted by Gasteiger charge is 2.57. The van der Waals surface area contributed by atoms with Gasteiger partial charge in [0.25, 0.3) is 0 Å². The molecule has 3 N–H and O–H groups in total. The van der Waals surface area contributed by atoms with Crippen LogP contribution in [0.3, 0.4) is 0 Å². The Hall–Kier alpha value is -1.25. The van der Waals surface area contributed by atoms with Crippen LogP contribution >= 0.6 is 0 Å². The molecule has 16 heavy (non-hydrogen) atoms. The first kappa shape index (κ1) is 14.8. The van der Waals surface area contributed by atoms with Crippen molar-refractivity contribution in [2.24, 2.45) is 10.7 Å². The molecule has 0 aliphatic heterocycles. The van der Waals surface area contributed by atoms with Crippen LogP contribution in [0, 0.1) is 0 Å². The largest absolute Gasteiger partial charge is 0.455 e. The number of hydrogen-bond donors (Lipinski definition) is 2. The van der Waals surface area contributed by atoms with E-state index in [9.17, 15) is 26.7 Å². The number of nitrogens with one attached hydrogen (secondary N) is 1. The molecular formula is C7H10F5N3O. The van der Waals surface area contributed by atoms with Gasteiger partial charge in [0.1, 0.15) is 6.54 Å². The monoisotopic (exact) mass is 247 g/mol. The zero-order valence-corrected chi connectivity index (χ0v) is 8.02. The van der Waals surface area contributed by atoms with Gasteiger partial charge in [0.05, 0.1) is 6.54 Å². The predicted octanol–water partition coefficient (Wildman–Crippen LogP) is 0.330. The molecule has 0 aromatic heterocycles. The van der Waals surface area contributed by atoms with Crippen LogP contribution in [-0.4, -0.2) is 43.9 Å². The number of carbonyl (C=O) groups excluding carboxylic acids is 1. The van der Waals surface area contributed by atoms with Gasteiger partial charge in [-0.3, -0.25) is 9.79 Å². The van der Waals surface area contributed by atoms with Crippen molar-refractivity contribution in [2.75, 3.05) is 19.6 Å². The fourth-order valence-corrected chi connectivity index (χ4v) is 0.588. The van der Waals surface area contributed by atoms with Gasteiger partial charge in [-0.1, -0.05) is 0 Å². The topological polar surface area (TPSA) is 67.5 Å². The highest BCUT2D eigenvalue weighted by Crippen LogP contribution is 2.34. The molecule has 0 saturated carbocycles. The molecule has 0 fully saturated rings. The van der Waals surface area contributed by atoms with Crippen molar-refractivity contribution in [3.8, 4) is 0 Å². The Bertz CT molecular complexity index is 263. The van der Waals surface area contributed by atoms with Crippen LogP contribution < -0.4 is 11.1 Å². The molecule has 0 aliphatic carbocycles. The van der Waals surface area contributed by atoms with Gasteiger partial charge in [0, 0.05) is 12.8 Å². The molecule has 0 aromatic rings. The summed E-state index contributed by atoms with van der Waals surface area (Å²) >= 11 is 0. The third kappa shape index (κ3) is 5.01. The van der Waals surface area contributed by atoms with Gasteiger partial charge in [-0.2, -0.15) is 22.0 Å². The first-order valence-corrected chi connectivity index (χ1v) is 4.10. The molecule has 0 saturated heterocycles. The molecule has 0 rings (SSSR count). The van der Waals surface area contributed by atoms with Gasteiger partial charge >= 0.3 is 12.1 Å². The van der Waals surface area contributed by atoms with Gasteiger partial charge in [0.15, 0.2) is 0 Å². The normalized spacial score (nSPS) is 13.1. The van der Waals surface area contributed by atoms with Crippen LogP contribution in [0.1, 0.15) is 0 Å². The van der Waals surface area contributed by atoms with E-state index in [1.165, 1.54) is 5.32 Å². The second-order valence-electron chi connectivity index (χ2n) is 2.74. The molecule has 0 radical (unpaired) electrons. The molecule has 0 spiro atoms. The second kappa shape index (κ2) is 5.73. The van der Waals surface area contributed by atoms with Gasteiger partial charge in [-0.25, -0.2) is 0 Å². The first-order chi connectivity index (χ1) is 7.20. The predicted molar refractivity (Wildman–Crippen MR) is 46.4 cm³/mol. The van der Waals surface area contributed by atoms with Crippen molar-refractivity contribution in [2.45, 2.75) is 12.1 Å². The van der Waals surface area contributed by atoms with Crippen molar-refractivity contribution in [1.29, 1.82) is 0 Å². The molecule has 94 valence electrons. The summed E-state index contributed by atoms with van der Waals surface area (Å²) in [6, 6.07) is 0. The number of rotatable bonds is 5. The fraction of sp³-hybridized carbons (Fsp3) is 0.714. The maximum Gasteiger partial charge on any atom is 0.455 e. The maximum absolute atomic E-state index is 12.3. The number of alkyl halides is 5. The first-order valence-electron chi connectivity index (χ1n) is 4.10. The van der Waals surface area contributed by atoms with E-state index >= 15 is 0 Å². The third-order valence-corrected chi connectivity index (χ3v) is 1.39. The summed E-state index contributed by atoms with van der Waals surface area (Å²) in [5, 5.41) is 1.42. The van der Waals surface area contributed by atoms with Gasteiger partial charge < -0.3 is 11.1 Å². The van der Waals surface area contributed by atoms with Crippen molar-refractivity contribution < 1.29 is 26.7 Å². The van der Waals surface area contributed by atoms with E-state index < -0.39 is 31.1 Å². The van der Waals surface area contributed by atoms with Crippen LogP contribution in [0.4, 0.5) is 22.0 Å². The number of nitrogens with zero attached hydrogens (tertiary/aromatic N) is 1. The number of nitrogens with two attached hydrogens (primary N) is 1. The summed E-state index contributed by atoms with van der Waals surface area (Å²) in [5.41, 5.74) is 4.97. The van der Waals surface area contributed by atoms with Crippen LogP contribution in [0.2, 0.25) is 0 Å². The smallest absolute Gasteiger partial charge is 0.348 e. The van der Waals surface area contributed by atoms with Crippen molar-refractivity contribution in [1.82, 2.24) is 5.32 Å². The Labute approximate surface area is 87.7 Å². The van der Waals surface area contributed by atoms with E-state index in [1.807, 2.05) is 0 Å². The van der Waals surface area contributed by atoms with Crippen LogP contribution in [0.15, 0.2) is 4.99 Å². The average Bonchev–Trinajstić information content (AvgIpc) is 2.13. The Morgan fingerprint density at radius 1 is 1.31 bits per heavy atom. The zero-order chi connectivity index (χ0) is 12.8. The lowest BCUT2D eigenvalue weighted by atomic mass is 10.3. The highest BCUT2D eigenvalue weighted by molar-refractivity contribution is 5.79. The van der Waals surface area contributed by atoms with Crippen molar-refractivity contribution >= 4 is 12.1 Å². The van der Waals surface area contributed by atoms with Crippen LogP contribution in [0.5, 0.6) is 0 Å². The number of aliphatic imine (C=N–C) groups is 1. The minimum absolute atomic E-state index is 0.0476. The summed E-state index contributed by atoms with van der Waals surface area (Å²) in [4.78, 5) is 14.1. The molecule has 0 aromatic carbocycles. The van der Waals surface area contributed by atoms with Crippen LogP contribution in [0.25, 0.3) is 0 Å². The maximum atomic E-state index is 12.3. The molecule has 9 heteroatoms. The molecule has 0 aliphatic rings. The van der Waals surface area contributed by atoms with Gasteiger partial charge in [0.2, 0.25) is 5.91 Å². The highest BCUT2D eigenvalue weighted by atomic mass is 19.4. The van der Waals surface area contributed by atoms with Crippen molar-refractivity contribution in [3.63, 3.8) is 0 Å². The molecule has 0 unspecified atom stereocenters. The van der Waals surface area contributed by atoms with Gasteiger partial charge in [-0.05, 0) is 0 Å². The zero-order valence-electron chi connectivity index (χ0n) is 8.02. The van der Waals surface area contributed by atoms with E-state index in [2.05, 4.69) is 4.99 Å². The summed E-state index contributed by atoms with van der Waals surface area (Å²) in [6.07, 6.45) is -4.54. The lowest BCUT2D eigenvalue weighted by Gasteiger charge is -2.19. The van der Waals surface area contributed by atoms with Crippen molar-refractivity contribution in [3.05, 3.63) is 0 Å². The third-order valence-electron chi connectivity index (χ3n) is 1.39. The lowest BCUT2D eigenvalue weighted by Crippen LogP contribution is -2.47. The fourth-order valence-electron chi connectivity index (χ4n) is 0.588. The van der Waals surface area contributed by atoms with E-state index in [4.69, 9.17) is 5.73 Å². The number of carbonyl (C=O) groups is 1. The minimum atomic E-state index is -5.68. The summed E-state index contributed by atoms with van der Waals surface area (Å²) in [5.74, 6) is -5.98. The summed E-state index contributed by atoms with van der Waals surface area (Å²) in [6.45, 7) is -2.29. The summed E-state index contributed by atoms with van der Waals surface area (Å²) in [7, 11) is 0. The second-order valence-corrected chi connectivity index (χ2v) is 2.74. The number of amides is 1. The Kier molecular flexibility index (Phi) is 5.28. The van der Waals surface area contributed by atoms with E-state index in [0.29, 0.717) is 0 Å². The Morgan fingerprint density at radius 2 is 1.88 bits per heavy atom. The number of hydrogen-bond acceptors (Lipinski definition) is 3. The minimum Gasteiger partial charge on any atom is -0.348 e. The molecule has 0 heterocycles. The number of halogens is 5. The quantitative estimate of drug-likeness (QED) is 0.543. The lowest BCUT2D eigenvalue weighted by molar-refractivity contribution is -0.278. The SMILES string of the molecule is NCC=NCC(=O)NCC(F)(F)C(F)(F)F. The van der Waals surface area contributed by atoms with E-state index in [1.54, 1.807) is 0 Å². The van der Waals surface area contributed by atoms with E-state index in [-0.39, 0.29) is 6.54 Å².